The molecule has 0 unspecified atom stereocenters. The number of hydrogen-bond donors (Lipinski definition) is 0. The van der Waals surface area contributed by atoms with Crippen LogP contribution in [0.5, 0.6) is 0 Å². The van der Waals surface area contributed by atoms with Crippen molar-refractivity contribution in [2.45, 2.75) is 45.6 Å². The lowest BCUT2D eigenvalue weighted by molar-refractivity contribution is 0.0831. The molecule has 1 aliphatic heterocycles. The van der Waals surface area contributed by atoms with Crippen molar-refractivity contribution in [2.75, 3.05) is 33.7 Å². The highest BCUT2D eigenvalue weighted by Gasteiger charge is 2.36. The van der Waals surface area contributed by atoms with E-state index in [2.05, 4.69) is 0 Å². The molecule has 3 rings (SSSR count). The Morgan fingerprint density at radius 2 is 1.86 bits per heavy atom. The summed E-state index contributed by atoms with van der Waals surface area (Å²) in [4.78, 5) is 15.2. The summed E-state index contributed by atoms with van der Waals surface area (Å²) in [6.07, 6.45) is 3.28. The van der Waals surface area contributed by atoms with Gasteiger partial charge in [-0.2, -0.15) is 17.0 Å². The molecule has 0 bridgehead atoms. The zero-order chi connectivity index (χ0) is 21.2. The van der Waals surface area contributed by atoms with Gasteiger partial charge in [0.1, 0.15) is 0 Å². The summed E-state index contributed by atoms with van der Waals surface area (Å²) < 4.78 is 30.8. The van der Waals surface area contributed by atoms with E-state index in [0.717, 1.165) is 39.8 Å². The fourth-order valence-corrected chi connectivity index (χ4v) is 7.21. The molecule has 1 saturated heterocycles. The molecule has 1 amide bonds. The van der Waals surface area contributed by atoms with E-state index in [0.29, 0.717) is 26.1 Å². The van der Waals surface area contributed by atoms with Crippen molar-refractivity contribution in [1.29, 1.82) is 0 Å². The Hall–Kier alpha value is -1.48. The lowest BCUT2D eigenvalue weighted by Crippen LogP contribution is -2.51. The van der Waals surface area contributed by atoms with E-state index in [-0.39, 0.29) is 11.9 Å². The molecule has 160 valence electrons. The molecule has 2 heterocycles. The van der Waals surface area contributed by atoms with Gasteiger partial charge in [0.2, 0.25) is 0 Å². The molecule has 1 fully saturated rings. The average molecular weight is 438 g/mol. The van der Waals surface area contributed by atoms with E-state index in [4.69, 9.17) is 0 Å². The fourth-order valence-electron chi connectivity index (χ4n) is 4.09. The normalized spacial score (nSPS) is 18.4. The molecule has 0 radical (unpaired) electrons. The van der Waals surface area contributed by atoms with Gasteiger partial charge in [0.15, 0.2) is 0 Å². The minimum absolute atomic E-state index is 0.0184. The molecule has 1 aromatic heterocycles. The van der Waals surface area contributed by atoms with E-state index in [1.165, 1.54) is 15.6 Å². The molecule has 0 N–H and O–H groups in total. The quantitative estimate of drug-likeness (QED) is 0.665. The number of nitrogens with zero attached hydrogens (tertiary/aromatic N) is 3. The van der Waals surface area contributed by atoms with Crippen LogP contribution in [0.3, 0.4) is 0 Å². The SMILES string of the molecule is CCN(CC)S(=O)(=O)N1CCCC[C@H]1Cc1c(C(=O)N(C)C)sc2ccccc12. The minimum atomic E-state index is -3.50. The Labute approximate surface area is 178 Å². The first kappa shape index (κ1) is 22.2. The van der Waals surface area contributed by atoms with E-state index in [1.807, 2.05) is 38.1 Å². The minimum Gasteiger partial charge on any atom is -0.344 e. The van der Waals surface area contributed by atoms with Crippen LogP contribution in [0.25, 0.3) is 10.1 Å². The fraction of sp³-hybridized carbons (Fsp3) is 0.571. The Bertz CT molecular complexity index is 965. The van der Waals surface area contributed by atoms with Gasteiger partial charge in [-0.05, 0) is 36.3 Å². The van der Waals surface area contributed by atoms with Crippen LogP contribution in [-0.4, -0.2) is 67.6 Å². The molecular formula is C21H31N3O3S2. The van der Waals surface area contributed by atoms with Crippen molar-refractivity contribution in [2.24, 2.45) is 0 Å². The second-order valence-corrected chi connectivity index (χ2v) is 10.6. The summed E-state index contributed by atoms with van der Waals surface area (Å²) in [5.41, 5.74) is 0.982. The monoisotopic (exact) mass is 437 g/mol. The number of benzene rings is 1. The maximum absolute atomic E-state index is 13.3. The Kier molecular flexibility index (Phi) is 6.98. The summed E-state index contributed by atoms with van der Waals surface area (Å²) in [6.45, 7) is 5.23. The first-order valence-electron chi connectivity index (χ1n) is 10.3. The lowest BCUT2D eigenvalue weighted by atomic mass is 9.95. The number of carbonyl (C=O) groups is 1. The smallest absolute Gasteiger partial charge is 0.282 e. The van der Waals surface area contributed by atoms with Crippen molar-refractivity contribution >= 4 is 37.5 Å². The van der Waals surface area contributed by atoms with Gasteiger partial charge in [0.05, 0.1) is 4.88 Å². The summed E-state index contributed by atoms with van der Waals surface area (Å²) in [5, 5.41) is 1.06. The Balaban J connectivity index is 2.02. The molecule has 0 spiro atoms. The van der Waals surface area contributed by atoms with Crippen LogP contribution in [0.2, 0.25) is 0 Å². The maximum Gasteiger partial charge on any atom is 0.282 e. The molecule has 8 heteroatoms. The van der Waals surface area contributed by atoms with Gasteiger partial charge in [0, 0.05) is 44.5 Å². The summed E-state index contributed by atoms with van der Waals surface area (Å²) in [5.74, 6) is -0.0184. The zero-order valence-electron chi connectivity index (χ0n) is 17.7. The first-order chi connectivity index (χ1) is 13.8. The molecule has 29 heavy (non-hydrogen) atoms. The highest BCUT2D eigenvalue weighted by Crippen LogP contribution is 2.35. The van der Waals surface area contributed by atoms with Crippen molar-refractivity contribution in [3.05, 3.63) is 34.7 Å². The van der Waals surface area contributed by atoms with Crippen molar-refractivity contribution in [1.82, 2.24) is 13.5 Å². The molecule has 6 nitrogen and oxygen atoms in total. The molecular weight excluding hydrogens is 406 g/mol. The summed E-state index contributed by atoms with van der Waals surface area (Å²) in [7, 11) is 0.0118. The first-order valence-corrected chi connectivity index (χ1v) is 12.5. The van der Waals surface area contributed by atoms with E-state index < -0.39 is 10.2 Å². The molecule has 1 aliphatic rings. The van der Waals surface area contributed by atoms with Gasteiger partial charge in [-0.15, -0.1) is 11.3 Å². The van der Waals surface area contributed by atoms with Gasteiger partial charge < -0.3 is 4.90 Å². The van der Waals surface area contributed by atoms with Crippen molar-refractivity contribution in [3.63, 3.8) is 0 Å². The van der Waals surface area contributed by atoms with Gasteiger partial charge in [-0.3, -0.25) is 4.79 Å². The topological polar surface area (TPSA) is 60.9 Å². The van der Waals surface area contributed by atoms with Crippen molar-refractivity contribution < 1.29 is 13.2 Å². The number of rotatable bonds is 7. The van der Waals surface area contributed by atoms with E-state index in [1.54, 1.807) is 23.3 Å². The van der Waals surface area contributed by atoms with Crippen LogP contribution in [0, 0.1) is 0 Å². The van der Waals surface area contributed by atoms with Crippen LogP contribution in [-0.2, 0) is 16.6 Å². The third-order valence-corrected chi connectivity index (χ3v) is 9.08. The van der Waals surface area contributed by atoms with Gasteiger partial charge in [0.25, 0.3) is 16.1 Å². The summed E-state index contributed by atoms with van der Waals surface area (Å²) >= 11 is 1.50. The zero-order valence-corrected chi connectivity index (χ0v) is 19.4. The van der Waals surface area contributed by atoms with E-state index in [9.17, 15) is 13.2 Å². The second-order valence-electron chi connectivity index (χ2n) is 7.66. The number of thiophene rings is 1. The number of hydrogen-bond acceptors (Lipinski definition) is 4. The number of carbonyl (C=O) groups excluding carboxylic acids is 1. The van der Waals surface area contributed by atoms with Crippen LogP contribution in [0.15, 0.2) is 24.3 Å². The predicted octanol–water partition coefficient (Wildman–Crippen LogP) is 3.59. The second kappa shape index (κ2) is 9.12. The highest BCUT2D eigenvalue weighted by molar-refractivity contribution is 7.86. The van der Waals surface area contributed by atoms with Crippen LogP contribution < -0.4 is 0 Å². The Morgan fingerprint density at radius 1 is 1.17 bits per heavy atom. The number of piperidine rings is 1. The largest absolute Gasteiger partial charge is 0.344 e. The van der Waals surface area contributed by atoms with E-state index >= 15 is 0 Å². The molecule has 1 aromatic carbocycles. The molecule has 0 aliphatic carbocycles. The highest BCUT2D eigenvalue weighted by atomic mass is 32.2. The molecule has 0 saturated carbocycles. The maximum atomic E-state index is 13.3. The summed E-state index contributed by atoms with van der Waals surface area (Å²) in [6, 6.07) is 7.90. The third-order valence-electron chi connectivity index (χ3n) is 5.64. The average Bonchev–Trinajstić information content (AvgIpc) is 3.07. The van der Waals surface area contributed by atoms with Crippen molar-refractivity contribution in [3.8, 4) is 0 Å². The van der Waals surface area contributed by atoms with Crippen LogP contribution >= 0.6 is 11.3 Å². The predicted molar refractivity (Wildman–Crippen MR) is 120 cm³/mol. The van der Waals surface area contributed by atoms with Crippen LogP contribution in [0.4, 0.5) is 0 Å². The molecule has 2 aromatic rings. The Morgan fingerprint density at radius 3 is 2.52 bits per heavy atom. The molecule has 1 atom stereocenters. The van der Waals surface area contributed by atoms with Gasteiger partial charge in [-0.25, -0.2) is 0 Å². The lowest BCUT2D eigenvalue weighted by Gasteiger charge is -2.37. The number of amides is 1. The number of fused-ring (bicyclic) bond motifs is 1. The van der Waals surface area contributed by atoms with Gasteiger partial charge in [-0.1, -0.05) is 38.5 Å². The van der Waals surface area contributed by atoms with Gasteiger partial charge >= 0.3 is 0 Å². The third kappa shape index (κ3) is 4.35. The standard InChI is InChI=1S/C21H31N3O3S2/c1-5-23(6-2)29(26,27)24-14-10-9-11-16(24)15-18-17-12-7-8-13-19(17)28-20(18)21(25)22(3)4/h7-8,12-13,16H,5-6,9-11,14-15H2,1-4H3/t16-/m0/s1. The van der Waals surface area contributed by atoms with Crippen LogP contribution in [0.1, 0.15) is 48.3 Å².